The van der Waals surface area contributed by atoms with Crippen LogP contribution in [0.1, 0.15) is 17.9 Å². The van der Waals surface area contributed by atoms with Gasteiger partial charge in [0, 0.05) is 18.3 Å². The van der Waals surface area contributed by atoms with Crippen molar-refractivity contribution in [1.29, 1.82) is 0 Å². The molecule has 2 N–H and O–H groups in total. The second-order valence-corrected chi connectivity index (χ2v) is 2.51. The number of hydrogen-bond acceptors (Lipinski definition) is 3. The molecule has 0 unspecified atom stereocenters. The molecule has 1 aromatic rings. The van der Waals surface area contributed by atoms with Crippen LogP contribution in [0.2, 0.25) is 0 Å². The lowest BCUT2D eigenvalue weighted by molar-refractivity contribution is 0.775. The highest BCUT2D eigenvalue weighted by atomic mass is 14.9. The van der Waals surface area contributed by atoms with E-state index in [-0.39, 0.29) is 0 Å². The van der Waals surface area contributed by atoms with Crippen LogP contribution in [0.15, 0.2) is 12.3 Å². The van der Waals surface area contributed by atoms with Crippen LogP contribution in [-0.2, 0) is 6.42 Å². The average molecular weight is 151 g/mol. The smallest absolute Gasteiger partial charge is 0.128 e. The molecule has 60 valence electrons. The molecule has 0 spiro atoms. The van der Waals surface area contributed by atoms with Crippen LogP contribution >= 0.6 is 0 Å². The fourth-order valence-corrected chi connectivity index (χ4v) is 0.882. The van der Waals surface area contributed by atoms with Crippen molar-refractivity contribution in [2.75, 3.05) is 6.54 Å². The molecule has 0 aromatic carbocycles. The zero-order chi connectivity index (χ0) is 8.10. The maximum absolute atomic E-state index is 5.36. The van der Waals surface area contributed by atoms with Crippen LogP contribution in [0.5, 0.6) is 0 Å². The highest BCUT2D eigenvalue weighted by Crippen LogP contribution is 1.95. The van der Waals surface area contributed by atoms with Crippen molar-refractivity contribution in [2.45, 2.75) is 19.8 Å². The quantitative estimate of drug-likeness (QED) is 0.691. The predicted octanol–water partition coefficient (Wildman–Crippen LogP) is 0.676. The number of nitrogens with two attached hydrogens (primary N) is 1. The van der Waals surface area contributed by atoms with Crippen molar-refractivity contribution in [1.82, 2.24) is 9.97 Å². The molecule has 3 nitrogen and oxygen atoms in total. The van der Waals surface area contributed by atoms with E-state index in [1.807, 2.05) is 13.0 Å². The average Bonchev–Trinajstić information content (AvgIpc) is 2.01. The normalized spacial score (nSPS) is 10.0. The van der Waals surface area contributed by atoms with E-state index in [1.165, 1.54) is 0 Å². The molecule has 11 heavy (non-hydrogen) atoms. The summed E-state index contributed by atoms with van der Waals surface area (Å²) in [5.41, 5.74) is 6.38. The van der Waals surface area contributed by atoms with E-state index in [1.54, 1.807) is 6.20 Å². The first-order valence-corrected chi connectivity index (χ1v) is 3.81. The zero-order valence-electron chi connectivity index (χ0n) is 6.75. The van der Waals surface area contributed by atoms with Gasteiger partial charge in [-0.3, -0.25) is 0 Å². The summed E-state index contributed by atoms with van der Waals surface area (Å²) in [5.74, 6) is 0.899. The first-order valence-electron chi connectivity index (χ1n) is 3.81. The van der Waals surface area contributed by atoms with E-state index >= 15 is 0 Å². The number of nitrogens with zero attached hydrogens (tertiary/aromatic N) is 2. The van der Waals surface area contributed by atoms with Crippen molar-refractivity contribution < 1.29 is 0 Å². The molecular formula is C8H13N3. The Balaban J connectivity index is 2.56. The molecule has 0 fully saturated rings. The van der Waals surface area contributed by atoms with Crippen molar-refractivity contribution in [3.05, 3.63) is 23.8 Å². The van der Waals surface area contributed by atoms with Crippen molar-refractivity contribution in [3.8, 4) is 0 Å². The van der Waals surface area contributed by atoms with Crippen molar-refractivity contribution in [2.24, 2.45) is 5.73 Å². The second-order valence-electron chi connectivity index (χ2n) is 2.51. The Kier molecular flexibility index (Phi) is 2.98. The first kappa shape index (κ1) is 8.14. The molecule has 1 heterocycles. The summed E-state index contributed by atoms with van der Waals surface area (Å²) < 4.78 is 0. The fourth-order valence-electron chi connectivity index (χ4n) is 0.882. The van der Waals surface area contributed by atoms with E-state index in [9.17, 15) is 0 Å². The maximum atomic E-state index is 5.36. The Bertz CT molecular complexity index is 222. The maximum Gasteiger partial charge on any atom is 0.128 e. The predicted molar refractivity (Wildman–Crippen MR) is 44.1 cm³/mol. The fraction of sp³-hybridized carbons (Fsp3) is 0.500. The molecule has 3 heteroatoms. The van der Waals surface area contributed by atoms with E-state index < -0.39 is 0 Å². The standard InChI is InChI=1S/C8H13N3/c1-7-4-6-10-8(11-7)3-2-5-9/h4,6H,2-3,5,9H2,1H3. The lowest BCUT2D eigenvalue weighted by Gasteiger charge is -1.97. The molecule has 0 atom stereocenters. The number of aromatic nitrogens is 2. The third-order valence-electron chi connectivity index (χ3n) is 1.45. The van der Waals surface area contributed by atoms with E-state index in [4.69, 9.17) is 5.73 Å². The highest BCUT2D eigenvalue weighted by Gasteiger charge is 1.94. The largest absolute Gasteiger partial charge is 0.330 e. The Morgan fingerprint density at radius 3 is 3.00 bits per heavy atom. The number of aryl methyl sites for hydroxylation is 2. The summed E-state index contributed by atoms with van der Waals surface area (Å²) in [6.07, 6.45) is 3.63. The summed E-state index contributed by atoms with van der Waals surface area (Å²) in [5, 5.41) is 0. The summed E-state index contributed by atoms with van der Waals surface area (Å²) >= 11 is 0. The van der Waals surface area contributed by atoms with Crippen molar-refractivity contribution >= 4 is 0 Å². The van der Waals surface area contributed by atoms with Gasteiger partial charge in [0.2, 0.25) is 0 Å². The zero-order valence-corrected chi connectivity index (χ0v) is 6.75. The van der Waals surface area contributed by atoms with E-state index in [0.29, 0.717) is 6.54 Å². The Labute approximate surface area is 66.7 Å². The second kappa shape index (κ2) is 4.03. The van der Waals surface area contributed by atoms with Gasteiger partial charge in [0.25, 0.3) is 0 Å². The van der Waals surface area contributed by atoms with Gasteiger partial charge in [0.1, 0.15) is 5.82 Å². The van der Waals surface area contributed by atoms with Gasteiger partial charge in [-0.2, -0.15) is 0 Å². The number of rotatable bonds is 3. The van der Waals surface area contributed by atoms with Gasteiger partial charge in [0.05, 0.1) is 0 Å². The SMILES string of the molecule is Cc1ccnc(CCCN)n1. The summed E-state index contributed by atoms with van der Waals surface area (Å²) in [7, 11) is 0. The van der Waals surface area contributed by atoms with Crippen LogP contribution in [-0.4, -0.2) is 16.5 Å². The van der Waals surface area contributed by atoms with Gasteiger partial charge in [-0.25, -0.2) is 9.97 Å². The Morgan fingerprint density at radius 2 is 2.36 bits per heavy atom. The monoisotopic (exact) mass is 151 g/mol. The van der Waals surface area contributed by atoms with Crippen LogP contribution in [0.25, 0.3) is 0 Å². The van der Waals surface area contributed by atoms with Crippen LogP contribution in [0.3, 0.4) is 0 Å². The number of hydrogen-bond donors (Lipinski definition) is 1. The lowest BCUT2D eigenvalue weighted by atomic mass is 10.3. The van der Waals surface area contributed by atoms with Crippen LogP contribution < -0.4 is 5.73 Å². The summed E-state index contributed by atoms with van der Waals surface area (Å²) in [6, 6.07) is 1.89. The molecular weight excluding hydrogens is 138 g/mol. The van der Waals surface area contributed by atoms with Gasteiger partial charge in [-0.1, -0.05) is 0 Å². The highest BCUT2D eigenvalue weighted by molar-refractivity contribution is 4.99. The molecule has 1 rings (SSSR count). The molecule has 0 aliphatic heterocycles. The Morgan fingerprint density at radius 1 is 1.55 bits per heavy atom. The molecule has 0 bridgehead atoms. The van der Waals surface area contributed by atoms with Gasteiger partial charge in [-0.05, 0) is 26.0 Å². The summed E-state index contributed by atoms with van der Waals surface area (Å²) in [4.78, 5) is 8.35. The molecule has 0 radical (unpaired) electrons. The van der Waals surface area contributed by atoms with Gasteiger partial charge < -0.3 is 5.73 Å². The summed E-state index contributed by atoms with van der Waals surface area (Å²) in [6.45, 7) is 2.67. The van der Waals surface area contributed by atoms with E-state index in [0.717, 1.165) is 24.4 Å². The van der Waals surface area contributed by atoms with Crippen LogP contribution in [0.4, 0.5) is 0 Å². The first-order chi connectivity index (χ1) is 5.33. The van der Waals surface area contributed by atoms with Gasteiger partial charge in [-0.15, -0.1) is 0 Å². The minimum Gasteiger partial charge on any atom is -0.330 e. The van der Waals surface area contributed by atoms with Gasteiger partial charge in [0.15, 0.2) is 0 Å². The van der Waals surface area contributed by atoms with E-state index in [2.05, 4.69) is 9.97 Å². The van der Waals surface area contributed by atoms with Gasteiger partial charge >= 0.3 is 0 Å². The molecule has 1 aromatic heterocycles. The minimum absolute atomic E-state index is 0.706. The third-order valence-corrected chi connectivity index (χ3v) is 1.45. The van der Waals surface area contributed by atoms with Crippen LogP contribution in [0, 0.1) is 6.92 Å². The lowest BCUT2D eigenvalue weighted by Crippen LogP contribution is -2.03. The van der Waals surface area contributed by atoms with Crippen molar-refractivity contribution in [3.63, 3.8) is 0 Å². The molecule has 0 saturated carbocycles. The molecule has 0 saturated heterocycles. The Hall–Kier alpha value is -0.960. The molecule has 0 aliphatic rings. The molecule has 0 aliphatic carbocycles. The topological polar surface area (TPSA) is 51.8 Å². The minimum atomic E-state index is 0.706. The third kappa shape index (κ3) is 2.63. The molecule has 0 amide bonds.